The molecule has 6 N–H and O–H groups in total. The number of rotatable bonds is 9. The number of hydrogen-bond donors (Lipinski definition) is 5. The molecule has 13 nitrogen and oxygen atoms in total. The van der Waals surface area contributed by atoms with E-state index in [1.807, 2.05) is 6.92 Å². The third-order valence-corrected chi connectivity index (χ3v) is 7.41. The van der Waals surface area contributed by atoms with E-state index in [9.17, 15) is 10.2 Å². The highest BCUT2D eigenvalue weighted by Crippen LogP contribution is 2.40. The molecule has 4 heterocycles. The highest BCUT2D eigenvalue weighted by molar-refractivity contribution is 5.84. The topological polar surface area (TPSA) is 182 Å². The summed E-state index contributed by atoms with van der Waals surface area (Å²) in [4.78, 5) is 18.4. The molecule has 1 saturated carbocycles. The van der Waals surface area contributed by atoms with Crippen LogP contribution in [0.25, 0.3) is 11.2 Å². The third-order valence-electron chi connectivity index (χ3n) is 7.41. The van der Waals surface area contributed by atoms with E-state index in [1.54, 1.807) is 10.9 Å². The fourth-order valence-electron chi connectivity index (χ4n) is 5.02. The van der Waals surface area contributed by atoms with Gasteiger partial charge in [-0.05, 0) is 38.5 Å². The summed E-state index contributed by atoms with van der Waals surface area (Å²) in [5.74, 6) is 1.71. The Labute approximate surface area is 215 Å². The second kappa shape index (κ2) is 10.9. The third kappa shape index (κ3) is 5.13. The molecule has 202 valence electrons. The monoisotopic (exact) mass is 515 g/mol. The van der Waals surface area contributed by atoms with Gasteiger partial charge in [0.15, 0.2) is 35.1 Å². The van der Waals surface area contributed by atoms with Crippen molar-refractivity contribution in [2.75, 3.05) is 10.6 Å². The number of nitrogens with two attached hydrogens (primary N) is 1. The summed E-state index contributed by atoms with van der Waals surface area (Å²) < 4.78 is 13.0. The van der Waals surface area contributed by atoms with Crippen LogP contribution in [0.15, 0.2) is 10.9 Å². The molecule has 13 heteroatoms. The minimum atomic E-state index is -1.26. The first-order chi connectivity index (χ1) is 17.9. The minimum absolute atomic E-state index is 0.124. The molecule has 5 rings (SSSR count). The molecule has 0 radical (unpaired) electrons. The van der Waals surface area contributed by atoms with Crippen LogP contribution in [0.3, 0.4) is 0 Å². The number of aromatic nitrogens is 6. The summed E-state index contributed by atoms with van der Waals surface area (Å²) in [6, 6.07) is 0.677. The van der Waals surface area contributed by atoms with Crippen LogP contribution in [0, 0.1) is 0 Å². The van der Waals surface area contributed by atoms with Crippen LogP contribution in [-0.4, -0.2) is 70.2 Å². The summed E-state index contributed by atoms with van der Waals surface area (Å²) in [5.41, 5.74) is 7.12. The first kappa shape index (κ1) is 25.8. The van der Waals surface area contributed by atoms with E-state index >= 15 is 0 Å². The lowest BCUT2D eigenvalue weighted by atomic mass is 9.92. The van der Waals surface area contributed by atoms with Crippen molar-refractivity contribution >= 4 is 22.9 Å². The molecular weight excluding hydrogens is 478 g/mol. The molecule has 4 atom stereocenters. The van der Waals surface area contributed by atoms with Crippen LogP contribution >= 0.6 is 0 Å². The van der Waals surface area contributed by atoms with Gasteiger partial charge in [0, 0.05) is 24.5 Å². The molecule has 1 aliphatic heterocycles. The van der Waals surface area contributed by atoms with E-state index in [2.05, 4.69) is 39.6 Å². The van der Waals surface area contributed by atoms with E-state index in [0.717, 1.165) is 38.5 Å². The van der Waals surface area contributed by atoms with E-state index < -0.39 is 24.5 Å². The molecule has 3 aromatic rings. The second-order valence-electron chi connectivity index (χ2n) is 9.96. The standard InChI is InChI=1S/C24H37N9O4/c1-4-13(5-2)27-20-16-21(31-24(30-20)28-14-9-7-12(25)8-10-14)33(11-26-16)23-18(35)17(34)19(36-23)22-29-15(6-3)32-37-22/h11-14,17-19,23,34-35H,4-10,25H2,1-3H3,(H2,27,28,30,31)/t12?,14?,17-,18+,19-,23+/m0/s1. The lowest BCUT2D eigenvalue weighted by molar-refractivity contribution is -0.0451. The number of nitrogens with one attached hydrogen (secondary N) is 2. The maximum absolute atomic E-state index is 10.9. The second-order valence-corrected chi connectivity index (χ2v) is 9.96. The number of ether oxygens (including phenoxy) is 1. The SMILES string of the molecule is CCc1noc([C@H]2O[C@@H](n3cnc4c(NC(CC)CC)nc(NC5CCC(N)CC5)nc43)[C@H](O)[C@@H]2O)n1. The zero-order chi connectivity index (χ0) is 26.1. The molecule has 37 heavy (non-hydrogen) atoms. The predicted octanol–water partition coefficient (Wildman–Crippen LogP) is 2.05. The number of aliphatic hydroxyl groups excluding tert-OH is 2. The Hall–Kier alpha value is -2.87. The Kier molecular flexibility index (Phi) is 7.56. The largest absolute Gasteiger partial charge is 0.387 e. The fraction of sp³-hybridized carbons (Fsp3) is 0.708. The zero-order valence-electron chi connectivity index (χ0n) is 21.5. The first-order valence-electron chi connectivity index (χ1n) is 13.3. The van der Waals surface area contributed by atoms with E-state index in [1.165, 1.54) is 0 Å². The van der Waals surface area contributed by atoms with Gasteiger partial charge in [0.05, 0.1) is 6.33 Å². The molecule has 0 unspecified atom stereocenters. The quantitative estimate of drug-likeness (QED) is 0.280. The predicted molar refractivity (Wildman–Crippen MR) is 136 cm³/mol. The van der Waals surface area contributed by atoms with Gasteiger partial charge in [-0.15, -0.1) is 0 Å². The van der Waals surface area contributed by atoms with Crippen LogP contribution < -0.4 is 16.4 Å². The molecule has 3 aromatic heterocycles. The Bertz CT molecular complexity index is 1190. The number of aliphatic hydroxyl groups is 2. The van der Waals surface area contributed by atoms with Crippen LogP contribution in [0.1, 0.15) is 83.3 Å². The van der Waals surface area contributed by atoms with Crippen LogP contribution in [-0.2, 0) is 11.2 Å². The molecule has 1 saturated heterocycles. The van der Waals surface area contributed by atoms with Gasteiger partial charge in [0.2, 0.25) is 5.95 Å². The number of fused-ring (bicyclic) bond motifs is 1. The molecule has 2 aliphatic rings. The lowest BCUT2D eigenvalue weighted by Crippen LogP contribution is -2.33. The normalized spacial score (nSPS) is 28.3. The van der Waals surface area contributed by atoms with Gasteiger partial charge < -0.3 is 35.8 Å². The van der Waals surface area contributed by atoms with Crippen molar-refractivity contribution in [3.8, 4) is 0 Å². The van der Waals surface area contributed by atoms with Crippen molar-refractivity contribution in [2.45, 2.75) is 108 Å². The van der Waals surface area contributed by atoms with Gasteiger partial charge in [-0.2, -0.15) is 15.0 Å². The van der Waals surface area contributed by atoms with Crippen LogP contribution in [0.5, 0.6) is 0 Å². The maximum atomic E-state index is 10.9. The van der Waals surface area contributed by atoms with Gasteiger partial charge in [0.25, 0.3) is 5.89 Å². The molecule has 0 amide bonds. The van der Waals surface area contributed by atoms with Crippen molar-refractivity contribution in [3.63, 3.8) is 0 Å². The van der Waals surface area contributed by atoms with Crippen molar-refractivity contribution in [2.24, 2.45) is 5.73 Å². The summed E-state index contributed by atoms with van der Waals surface area (Å²) in [5, 5.41) is 32.5. The summed E-state index contributed by atoms with van der Waals surface area (Å²) >= 11 is 0. The van der Waals surface area contributed by atoms with Gasteiger partial charge in [-0.1, -0.05) is 25.9 Å². The van der Waals surface area contributed by atoms with Crippen molar-refractivity contribution < 1.29 is 19.5 Å². The van der Waals surface area contributed by atoms with Crippen LogP contribution in [0.2, 0.25) is 0 Å². The fourth-order valence-corrected chi connectivity index (χ4v) is 5.02. The Morgan fingerprint density at radius 2 is 1.84 bits per heavy atom. The average Bonchev–Trinajstić information content (AvgIpc) is 3.62. The number of imidazole rings is 1. The van der Waals surface area contributed by atoms with E-state index in [0.29, 0.717) is 35.2 Å². The van der Waals surface area contributed by atoms with Crippen LogP contribution in [0.4, 0.5) is 11.8 Å². The molecule has 0 spiro atoms. The summed E-state index contributed by atoms with van der Waals surface area (Å²) in [7, 11) is 0. The van der Waals surface area contributed by atoms with Gasteiger partial charge in [-0.25, -0.2) is 4.98 Å². The lowest BCUT2D eigenvalue weighted by Gasteiger charge is -2.27. The van der Waals surface area contributed by atoms with Gasteiger partial charge in [-0.3, -0.25) is 4.57 Å². The number of anilines is 2. The minimum Gasteiger partial charge on any atom is -0.387 e. The highest BCUT2D eigenvalue weighted by atomic mass is 16.6. The highest BCUT2D eigenvalue weighted by Gasteiger charge is 2.47. The smallest absolute Gasteiger partial charge is 0.258 e. The Morgan fingerprint density at radius 3 is 2.51 bits per heavy atom. The molecule has 2 fully saturated rings. The van der Waals surface area contributed by atoms with Gasteiger partial charge >= 0.3 is 0 Å². The molecule has 0 aromatic carbocycles. The number of hydrogen-bond acceptors (Lipinski definition) is 12. The average molecular weight is 516 g/mol. The zero-order valence-corrected chi connectivity index (χ0v) is 21.5. The van der Waals surface area contributed by atoms with Crippen molar-refractivity contribution in [1.29, 1.82) is 0 Å². The summed E-state index contributed by atoms with van der Waals surface area (Å²) in [6.45, 7) is 6.14. The Morgan fingerprint density at radius 1 is 1.08 bits per heavy atom. The Balaban J connectivity index is 1.48. The van der Waals surface area contributed by atoms with Gasteiger partial charge in [0.1, 0.15) is 12.2 Å². The van der Waals surface area contributed by atoms with E-state index in [-0.39, 0.29) is 24.0 Å². The molecule has 1 aliphatic carbocycles. The summed E-state index contributed by atoms with van der Waals surface area (Å²) in [6.07, 6.45) is 3.31. The number of aryl methyl sites for hydroxylation is 1. The molecule has 0 bridgehead atoms. The van der Waals surface area contributed by atoms with Crippen molar-refractivity contribution in [3.05, 3.63) is 18.0 Å². The van der Waals surface area contributed by atoms with Crippen molar-refractivity contribution in [1.82, 2.24) is 29.7 Å². The molecular formula is C24H37N9O4. The number of nitrogens with zero attached hydrogens (tertiary/aromatic N) is 6. The first-order valence-corrected chi connectivity index (χ1v) is 13.3. The maximum Gasteiger partial charge on any atom is 0.258 e. The van der Waals surface area contributed by atoms with E-state index in [4.69, 9.17) is 25.0 Å².